The zero-order valence-electron chi connectivity index (χ0n) is 18.0. The predicted octanol–water partition coefficient (Wildman–Crippen LogP) is 0.922. The molecule has 0 bridgehead atoms. The second-order valence-corrected chi connectivity index (χ2v) is 7.70. The molecule has 0 saturated carbocycles. The van der Waals surface area contributed by atoms with Gasteiger partial charge in [-0.3, -0.25) is 4.90 Å². The summed E-state index contributed by atoms with van der Waals surface area (Å²) in [4.78, 5) is 24.0. The fraction of sp³-hybridized carbons (Fsp3) is 0.348. The van der Waals surface area contributed by atoms with Crippen molar-refractivity contribution in [3.63, 3.8) is 0 Å². The molecular weight excluding hydrogens is 430 g/mol. The van der Waals surface area contributed by atoms with Gasteiger partial charge < -0.3 is 29.5 Å². The van der Waals surface area contributed by atoms with Crippen molar-refractivity contribution in [2.75, 3.05) is 26.3 Å². The van der Waals surface area contributed by atoms with Gasteiger partial charge in [0.15, 0.2) is 6.10 Å². The molecule has 1 unspecified atom stereocenters. The van der Waals surface area contributed by atoms with Gasteiger partial charge in [-0.1, -0.05) is 24.3 Å². The van der Waals surface area contributed by atoms with Gasteiger partial charge in [0, 0.05) is 18.7 Å². The van der Waals surface area contributed by atoms with Crippen LogP contribution in [0.4, 0.5) is 0 Å². The number of carbonyl (C=O) groups excluding carboxylic acids is 1. The molecule has 33 heavy (non-hydrogen) atoms. The summed E-state index contributed by atoms with van der Waals surface area (Å²) in [5.74, 6) is -2.90. The van der Waals surface area contributed by atoms with E-state index in [0.29, 0.717) is 36.5 Å². The third-order valence-corrected chi connectivity index (χ3v) is 5.14. The second-order valence-electron chi connectivity index (χ2n) is 7.70. The van der Waals surface area contributed by atoms with Gasteiger partial charge in [-0.2, -0.15) is 4.98 Å². The van der Waals surface area contributed by atoms with Crippen LogP contribution in [0.5, 0.6) is 11.6 Å². The van der Waals surface area contributed by atoms with Crippen LogP contribution >= 0.6 is 0 Å². The zero-order valence-corrected chi connectivity index (χ0v) is 18.0. The minimum Gasteiger partial charge on any atom is -0.462 e. The molecule has 3 aromatic rings. The number of para-hydroxylation sites is 1. The molecule has 0 radical (unpaired) electrons. The highest BCUT2D eigenvalue weighted by Crippen LogP contribution is 2.25. The number of esters is 1. The molecule has 0 amide bonds. The van der Waals surface area contributed by atoms with Crippen LogP contribution in [0.15, 0.2) is 48.5 Å². The van der Waals surface area contributed by atoms with Crippen molar-refractivity contribution in [1.82, 2.24) is 14.9 Å². The molecule has 10 heteroatoms. The Labute approximate surface area is 190 Å². The average molecular weight is 455 g/mol. The first kappa shape index (κ1) is 23.0. The van der Waals surface area contributed by atoms with Crippen molar-refractivity contribution in [3.05, 3.63) is 59.9 Å². The van der Waals surface area contributed by atoms with Crippen LogP contribution in [0.1, 0.15) is 18.3 Å². The first-order valence-corrected chi connectivity index (χ1v) is 10.5. The molecule has 1 aliphatic rings. The van der Waals surface area contributed by atoms with Crippen molar-refractivity contribution in [3.8, 4) is 11.6 Å². The molecule has 174 valence electrons. The highest BCUT2D eigenvalue weighted by Gasteiger charge is 2.24. The van der Waals surface area contributed by atoms with E-state index in [9.17, 15) is 20.1 Å². The Bertz CT molecular complexity index is 1130. The lowest BCUT2D eigenvalue weighted by atomic mass is 10.2. The summed E-state index contributed by atoms with van der Waals surface area (Å²) >= 11 is 0. The Balaban J connectivity index is 1.51. The first-order chi connectivity index (χ1) is 15.8. The number of aromatic nitrogens is 2. The number of hydrogen-bond donors (Lipinski definition) is 3. The van der Waals surface area contributed by atoms with E-state index in [1.165, 1.54) is 25.1 Å². The number of morpholine rings is 1. The SMILES string of the molecule is CC(Oc1nc(CN2CCOCC2)nc2ccccc12)C(=O)Oc1cccc(C(O)(O)O)c1. The molecule has 3 N–H and O–H groups in total. The third-order valence-electron chi connectivity index (χ3n) is 5.14. The lowest BCUT2D eigenvalue weighted by Gasteiger charge is -2.26. The fourth-order valence-electron chi connectivity index (χ4n) is 3.40. The van der Waals surface area contributed by atoms with E-state index in [0.717, 1.165) is 19.2 Å². The summed E-state index contributed by atoms with van der Waals surface area (Å²) in [6.07, 6.45) is -1.02. The molecule has 1 aromatic heterocycles. The van der Waals surface area contributed by atoms with Gasteiger partial charge in [0.05, 0.1) is 30.7 Å². The van der Waals surface area contributed by atoms with Gasteiger partial charge in [-0.05, 0) is 31.2 Å². The molecule has 1 aliphatic heterocycles. The number of fused-ring (bicyclic) bond motifs is 1. The van der Waals surface area contributed by atoms with E-state index in [1.54, 1.807) is 0 Å². The number of carbonyl (C=O) groups is 1. The fourth-order valence-corrected chi connectivity index (χ4v) is 3.40. The zero-order chi connectivity index (χ0) is 23.4. The van der Waals surface area contributed by atoms with Gasteiger partial charge in [0.2, 0.25) is 5.88 Å². The largest absolute Gasteiger partial charge is 0.462 e. The van der Waals surface area contributed by atoms with Gasteiger partial charge in [-0.25, -0.2) is 9.78 Å². The quantitative estimate of drug-likeness (QED) is 0.268. The summed E-state index contributed by atoms with van der Waals surface area (Å²) in [5, 5.41) is 28.6. The summed E-state index contributed by atoms with van der Waals surface area (Å²) in [7, 11) is 0. The lowest BCUT2D eigenvalue weighted by molar-refractivity contribution is -0.323. The van der Waals surface area contributed by atoms with E-state index in [-0.39, 0.29) is 17.2 Å². The van der Waals surface area contributed by atoms with Crippen LogP contribution in [0, 0.1) is 0 Å². The normalized spacial score (nSPS) is 15.9. The number of hydrogen-bond acceptors (Lipinski definition) is 10. The first-order valence-electron chi connectivity index (χ1n) is 10.5. The maximum Gasteiger partial charge on any atom is 0.352 e. The Morgan fingerprint density at radius 2 is 1.88 bits per heavy atom. The van der Waals surface area contributed by atoms with Crippen LogP contribution in [-0.2, 0) is 22.0 Å². The minimum atomic E-state index is -3.04. The number of rotatable bonds is 7. The molecule has 1 fully saturated rings. The summed E-state index contributed by atoms with van der Waals surface area (Å²) in [6.45, 7) is 4.94. The van der Waals surface area contributed by atoms with E-state index < -0.39 is 18.0 Å². The molecule has 2 aromatic carbocycles. The molecule has 1 atom stereocenters. The van der Waals surface area contributed by atoms with Crippen molar-refractivity contribution in [2.24, 2.45) is 0 Å². The Hall–Kier alpha value is -3.15. The highest BCUT2D eigenvalue weighted by molar-refractivity contribution is 5.84. The van der Waals surface area contributed by atoms with Crippen LogP contribution in [0.2, 0.25) is 0 Å². The van der Waals surface area contributed by atoms with Crippen molar-refractivity contribution >= 4 is 16.9 Å². The minimum absolute atomic E-state index is 0.0232. The van der Waals surface area contributed by atoms with E-state index >= 15 is 0 Å². The van der Waals surface area contributed by atoms with E-state index in [4.69, 9.17) is 14.2 Å². The second kappa shape index (κ2) is 9.77. The van der Waals surface area contributed by atoms with E-state index in [2.05, 4.69) is 14.9 Å². The smallest absolute Gasteiger partial charge is 0.352 e. The van der Waals surface area contributed by atoms with Crippen LogP contribution < -0.4 is 9.47 Å². The Morgan fingerprint density at radius 1 is 1.12 bits per heavy atom. The Kier molecular flexibility index (Phi) is 6.82. The van der Waals surface area contributed by atoms with Crippen LogP contribution in [0.3, 0.4) is 0 Å². The molecular formula is C23H25N3O7. The predicted molar refractivity (Wildman–Crippen MR) is 116 cm³/mol. The van der Waals surface area contributed by atoms with Crippen molar-refractivity contribution in [2.45, 2.75) is 25.5 Å². The monoisotopic (exact) mass is 455 g/mol. The Morgan fingerprint density at radius 3 is 2.64 bits per heavy atom. The molecule has 0 aliphatic carbocycles. The summed E-state index contributed by atoms with van der Waals surface area (Å²) in [6, 6.07) is 12.6. The van der Waals surface area contributed by atoms with Gasteiger partial charge in [0.1, 0.15) is 11.6 Å². The molecule has 2 heterocycles. The molecule has 4 rings (SSSR count). The third kappa shape index (κ3) is 5.81. The topological polar surface area (TPSA) is 134 Å². The molecule has 1 saturated heterocycles. The van der Waals surface area contributed by atoms with E-state index in [1.807, 2.05) is 24.3 Å². The molecule has 10 nitrogen and oxygen atoms in total. The van der Waals surface area contributed by atoms with Crippen molar-refractivity contribution in [1.29, 1.82) is 0 Å². The standard InChI is InChI=1S/C23H25N3O7/c1-15(22(27)33-17-6-4-5-16(13-17)23(28,29)30)32-21-18-7-2-3-8-19(18)24-20(25-21)14-26-9-11-31-12-10-26/h2-8,13,15,28-30H,9-12,14H2,1H3. The molecule has 0 spiro atoms. The van der Waals surface area contributed by atoms with Crippen LogP contribution in [-0.4, -0.2) is 68.6 Å². The van der Waals surface area contributed by atoms with Crippen LogP contribution in [0.25, 0.3) is 10.9 Å². The van der Waals surface area contributed by atoms with Crippen molar-refractivity contribution < 1.29 is 34.3 Å². The number of aliphatic hydroxyl groups is 3. The van der Waals surface area contributed by atoms with Gasteiger partial charge in [-0.15, -0.1) is 0 Å². The number of ether oxygens (including phenoxy) is 3. The van der Waals surface area contributed by atoms with Gasteiger partial charge >= 0.3 is 11.9 Å². The van der Waals surface area contributed by atoms with Gasteiger partial charge in [0.25, 0.3) is 0 Å². The average Bonchev–Trinajstić information content (AvgIpc) is 2.79. The summed E-state index contributed by atoms with van der Waals surface area (Å²) < 4.78 is 16.5. The lowest BCUT2D eigenvalue weighted by Crippen LogP contribution is -2.36. The maximum absolute atomic E-state index is 12.6. The number of nitrogens with zero attached hydrogens (tertiary/aromatic N) is 3. The number of benzene rings is 2. The summed E-state index contributed by atoms with van der Waals surface area (Å²) in [5.41, 5.74) is 0.458. The maximum atomic E-state index is 12.6. The highest BCUT2D eigenvalue weighted by atomic mass is 16.7.